The topological polar surface area (TPSA) is 51.6 Å². The van der Waals surface area contributed by atoms with Crippen LogP contribution in [0.4, 0.5) is 0 Å². The summed E-state index contributed by atoms with van der Waals surface area (Å²) in [6.07, 6.45) is 11.8. The second-order valence-corrected chi connectivity index (χ2v) is 15.0. The molecule has 1 saturated carbocycles. The smallest absolute Gasteiger partial charge is 0.210 e. The second kappa shape index (κ2) is 13.0. The fraction of sp³-hybridized carbons (Fsp3) is 0.641. The van der Waals surface area contributed by atoms with Gasteiger partial charge in [0.1, 0.15) is 5.84 Å². The van der Waals surface area contributed by atoms with Crippen molar-refractivity contribution in [2.75, 3.05) is 46.9 Å². The highest BCUT2D eigenvalue weighted by molar-refractivity contribution is 6.02. The minimum absolute atomic E-state index is 0.0639. The number of likely N-dealkylation sites (N-methyl/N-ethyl adjacent to an activating group) is 1. The highest BCUT2D eigenvalue weighted by Gasteiger charge is 2.67. The van der Waals surface area contributed by atoms with Crippen molar-refractivity contribution in [2.45, 2.75) is 107 Å². The Morgan fingerprint density at radius 1 is 1.07 bits per heavy atom. The number of fused-ring (bicyclic) bond motifs is 2. The lowest BCUT2D eigenvalue weighted by Crippen LogP contribution is -2.67. The number of allylic oxidation sites excluding steroid dienone is 1. The number of hydrogen-bond donors (Lipinski definition) is 0. The summed E-state index contributed by atoms with van der Waals surface area (Å²) in [4.78, 5) is 28.4. The number of aliphatic imine (C=N–C) groups is 1. The summed E-state index contributed by atoms with van der Waals surface area (Å²) in [7, 11) is 4.17. The minimum atomic E-state index is -0.519. The van der Waals surface area contributed by atoms with E-state index in [9.17, 15) is 4.79 Å². The van der Waals surface area contributed by atoms with Gasteiger partial charge in [-0.2, -0.15) is 0 Å². The van der Waals surface area contributed by atoms with Gasteiger partial charge >= 0.3 is 0 Å². The van der Waals surface area contributed by atoms with Crippen molar-refractivity contribution in [2.24, 2.45) is 10.9 Å². The van der Waals surface area contributed by atoms with Crippen molar-refractivity contribution in [3.8, 4) is 0 Å². The van der Waals surface area contributed by atoms with Gasteiger partial charge in [0.2, 0.25) is 6.41 Å². The standard InChI is InChI=1S/C39H55N5O2/c1-6-31-15-9-10-19-42(31)20-12-16-32-25-46-37-36(34-18-11-14-29-13-7-8-17-33(29)34)30-21-35(39(37,22-30)44(32)26-45)38(40-4)43-24-27(2)41(5)23-28(43)3/h7-8,11,13-14,17-18,21,26-28,30-32,36-37H,6,9-10,12,15-16,19-20,22-25H2,1-5H3/t27-,28+,30?,31+,32-,36?,37?,39-/m1/s1. The average molecular weight is 626 g/mol. The predicted octanol–water partition coefficient (Wildman–Crippen LogP) is 5.95. The molecule has 1 amide bonds. The molecule has 4 fully saturated rings. The van der Waals surface area contributed by atoms with Crippen LogP contribution in [0.5, 0.6) is 0 Å². The first-order chi connectivity index (χ1) is 22.4. The van der Waals surface area contributed by atoms with Crippen LogP contribution in [0.25, 0.3) is 10.8 Å². The predicted molar refractivity (Wildman–Crippen MR) is 187 cm³/mol. The van der Waals surface area contributed by atoms with Gasteiger partial charge in [0.05, 0.1) is 24.3 Å². The number of carbonyl (C=O) groups is 1. The van der Waals surface area contributed by atoms with E-state index < -0.39 is 5.54 Å². The first-order valence-corrected chi connectivity index (χ1v) is 18.1. The summed E-state index contributed by atoms with van der Waals surface area (Å²) in [5.41, 5.74) is 2.06. The first kappa shape index (κ1) is 31.8. The summed E-state index contributed by atoms with van der Waals surface area (Å²) in [5.74, 6) is 1.54. The Morgan fingerprint density at radius 3 is 2.70 bits per heavy atom. The molecule has 7 heteroatoms. The van der Waals surface area contributed by atoms with E-state index in [0.717, 1.165) is 44.7 Å². The monoisotopic (exact) mass is 625 g/mol. The number of amidine groups is 1. The molecule has 7 nitrogen and oxygen atoms in total. The number of benzene rings is 2. The summed E-state index contributed by atoms with van der Waals surface area (Å²) in [6.45, 7) is 11.8. The van der Waals surface area contributed by atoms with Crippen LogP contribution in [0, 0.1) is 5.92 Å². The molecule has 3 unspecified atom stereocenters. The molecule has 0 radical (unpaired) electrons. The molecule has 2 aliphatic carbocycles. The molecule has 2 bridgehead atoms. The van der Waals surface area contributed by atoms with Crippen LogP contribution in [0.2, 0.25) is 0 Å². The van der Waals surface area contributed by atoms with Crippen molar-refractivity contribution in [3.63, 3.8) is 0 Å². The quantitative estimate of drug-likeness (QED) is 0.206. The molecule has 8 atom stereocenters. The molecule has 5 aliphatic rings. The number of ether oxygens (including phenoxy) is 1. The Hall–Kier alpha value is -2.74. The number of piperidine rings is 1. The van der Waals surface area contributed by atoms with Crippen molar-refractivity contribution in [1.82, 2.24) is 19.6 Å². The van der Waals surface area contributed by atoms with E-state index in [0.29, 0.717) is 24.7 Å². The zero-order chi connectivity index (χ0) is 32.0. The van der Waals surface area contributed by atoms with Crippen LogP contribution in [-0.4, -0.2) is 115 Å². The van der Waals surface area contributed by atoms with Crippen LogP contribution >= 0.6 is 0 Å². The summed E-state index contributed by atoms with van der Waals surface area (Å²) >= 11 is 0. The molecule has 3 saturated heterocycles. The van der Waals surface area contributed by atoms with Crippen molar-refractivity contribution in [1.29, 1.82) is 0 Å². The third-order valence-corrected chi connectivity index (χ3v) is 12.5. The highest BCUT2D eigenvalue weighted by atomic mass is 16.5. The van der Waals surface area contributed by atoms with E-state index in [4.69, 9.17) is 9.73 Å². The van der Waals surface area contributed by atoms with E-state index >= 15 is 0 Å². The Balaban J connectivity index is 1.24. The van der Waals surface area contributed by atoms with Crippen molar-refractivity contribution >= 4 is 23.0 Å². The van der Waals surface area contributed by atoms with Gasteiger partial charge in [-0.25, -0.2) is 0 Å². The van der Waals surface area contributed by atoms with Crippen molar-refractivity contribution < 1.29 is 9.53 Å². The number of morpholine rings is 1. The lowest BCUT2D eigenvalue weighted by atomic mass is 9.74. The number of piperazine rings is 1. The second-order valence-electron chi connectivity index (χ2n) is 15.0. The maximum Gasteiger partial charge on any atom is 0.210 e. The van der Waals surface area contributed by atoms with Crippen LogP contribution < -0.4 is 0 Å². The van der Waals surface area contributed by atoms with E-state index in [1.165, 1.54) is 60.5 Å². The molecule has 2 aromatic carbocycles. The lowest BCUT2D eigenvalue weighted by molar-refractivity contribution is -0.154. The van der Waals surface area contributed by atoms with E-state index in [1.807, 2.05) is 7.05 Å². The normalized spacial score (nSPS) is 35.5. The molecule has 46 heavy (non-hydrogen) atoms. The van der Waals surface area contributed by atoms with E-state index in [2.05, 4.69) is 96.0 Å². The number of likely N-dealkylation sites (tertiary alicyclic amines) is 1. The van der Waals surface area contributed by atoms with Crippen LogP contribution in [0.15, 0.2) is 59.1 Å². The molecule has 3 aliphatic heterocycles. The SMILES string of the molecule is CC[C@H]1CCCCN1CCC[C@@H]1COC2C(c3cccc4ccccc34)C3C=C(C(=NC)N4C[C@@H](C)N(C)C[C@@H]4C)[C@@]2(C3)N1C=O. The van der Waals surface area contributed by atoms with Crippen molar-refractivity contribution in [3.05, 3.63) is 59.7 Å². The molecule has 7 rings (SSSR count). The fourth-order valence-electron chi connectivity index (χ4n) is 10.1. The maximum absolute atomic E-state index is 13.5. The largest absolute Gasteiger partial charge is 0.373 e. The van der Waals surface area contributed by atoms with Gasteiger partial charge in [-0.1, -0.05) is 61.9 Å². The zero-order valence-corrected chi connectivity index (χ0v) is 28.8. The van der Waals surface area contributed by atoms with Gasteiger partial charge < -0.3 is 19.4 Å². The number of hydrogen-bond acceptors (Lipinski definition) is 5. The lowest BCUT2D eigenvalue weighted by Gasteiger charge is -2.55. The Kier molecular flexibility index (Phi) is 9.03. The average Bonchev–Trinajstić information content (AvgIpc) is 3.61. The molecule has 2 aromatic rings. The van der Waals surface area contributed by atoms with E-state index in [1.54, 1.807) is 0 Å². The number of carbonyl (C=O) groups excluding carboxylic acids is 1. The molecule has 0 N–H and O–H groups in total. The fourth-order valence-corrected chi connectivity index (χ4v) is 10.1. The minimum Gasteiger partial charge on any atom is -0.373 e. The van der Waals surface area contributed by atoms with Gasteiger partial charge in [-0.3, -0.25) is 14.7 Å². The zero-order valence-electron chi connectivity index (χ0n) is 28.8. The van der Waals surface area contributed by atoms with Crippen LogP contribution in [0.1, 0.15) is 77.2 Å². The Labute approximate surface area is 276 Å². The number of nitrogens with zero attached hydrogens (tertiary/aromatic N) is 5. The van der Waals surface area contributed by atoms with Gasteiger partial charge in [0.15, 0.2) is 0 Å². The summed E-state index contributed by atoms with van der Waals surface area (Å²) < 4.78 is 7.11. The van der Waals surface area contributed by atoms with E-state index in [-0.39, 0.29) is 24.0 Å². The molecule has 0 aromatic heterocycles. The number of rotatable bonds is 8. The van der Waals surface area contributed by atoms with Gasteiger partial charge in [-0.05, 0) is 94.8 Å². The summed E-state index contributed by atoms with van der Waals surface area (Å²) in [5, 5.41) is 2.56. The first-order valence-electron chi connectivity index (χ1n) is 18.1. The van der Waals surface area contributed by atoms with Crippen LogP contribution in [-0.2, 0) is 9.53 Å². The van der Waals surface area contributed by atoms with Gasteiger partial charge in [0.25, 0.3) is 0 Å². The molecule has 248 valence electrons. The molecule has 1 spiro atoms. The third-order valence-electron chi connectivity index (χ3n) is 12.5. The molecule has 3 heterocycles. The summed E-state index contributed by atoms with van der Waals surface area (Å²) in [6, 6.07) is 17.0. The van der Waals surface area contributed by atoms with Gasteiger partial charge in [-0.15, -0.1) is 0 Å². The van der Waals surface area contributed by atoms with Crippen LogP contribution in [0.3, 0.4) is 0 Å². The third kappa shape index (κ3) is 5.21. The Bertz CT molecular complexity index is 1470. The molecular weight excluding hydrogens is 570 g/mol. The van der Waals surface area contributed by atoms with Gasteiger partial charge in [0, 0.05) is 49.8 Å². The Morgan fingerprint density at radius 2 is 1.89 bits per heavy atom. The number of amides is 1. The maximum atomic E-state index is 13.5. The highest BCUT2D eigenvalue weighted by Crippen LogP contribution is 2.61. The molecular formula is C39H55N5O2.